The topological polar surface area (TPSA) is 50.9 Å². The highest BCUT2D eigenvalue weighted by atomic mass is 16.3. The van der Waals surface area contributed by atoms with E-state index in [0.717, 1.165) is 24.2 Å². The van der Waals surface area contributed by atoms with Crippen molar-refractivity contribution in [3.63, 3.8) is 0 Å². The number of aryl methyl sites for hydroxylation is 3. The Morgan fingerprint density at radius 2 is 2.28 bits per heavy atom. The third-order valence-electron chi connectivity index (χ3n) is 3.81. The van der Waals surface area contributed by atoms with Crippen LogP contribution in [0, 0.1) is 6.92 Å². The Bertz CT molecular complexity index is 590. The van der Waals surface area contributed by atoms with Gasteiger partial charge in [0.15, 0.2) is 0 Å². The van der Waals surface area contributed by atoms with Gasteiger partial charge in [-0.05, 0) is 37.8 Å². The standard InChI is InChI=1S/C14H17N3O/c1-3-17-13(9-15-16-17)14(18)7-6-11-5-4-10(2)8-12(11)14/h4-5,8-9,18H,3,6-7H2,1-2H3. The van der Waals surface area contributed by atoms with Crippen molar-refractivity contribution in [1.82, 2.24) is 15.0 Å². The number of rotatable bonds is 2. The van der Waals surface area contributed by atoms with Crippen molar-refractivity contribution in [3.05, 3.63) is 46.8 Å². The molecule has 0 saturated heterocycles. The Balaban J connectivity index is 2.17. The third-order valence-corrected chi connectivity index (χ3v) is 3.81. The second-order valence-electron chi connectivity index (χ2n) is 4.96. The van der Waals surface area contributed by atoms with E-state index in [1.807, 2.05) is 13.8 Å². The first-order valence-electron chi connectivity index (χ1n) is 6.36. The van der Waals surface area contributed by atoms with Crippen molar-refractivity contribution in [2.24, 2.45) is 0 Å². The highest BCUT2D eigenvalue weighted by Crippen LogP contribution is 2.41. The highest BCUT2D eigenvalue weighted by Gasteiger charge is 2.41. The van der Waals surface area contributed by atoms with Crippen LogP contribution in [-0.2, 0) is 18.6 Å². The van der Waals surface area contributed by atoms with Crippen molar-refractivity contribution in [2.45, 2.75) is 38.8 Å². The second kappa shape index (κ2) is 3.92. The summed E-state index contributed by atoms with van der Waals surface area (Å²) in [6, 6.07) is 6.29. The van der Waals surface area contributed by atoms with Crippen LogP contribution in [0.2, 0.25) is 0 Å². The zero-order valence-corrected chi connectivity index (χ0v) is 10.7. The lowest BCUT2D eigenvalue weighted by Crippen LogP contribution is -2.27. The first-order valence-corrected chi connectivity index (χ1v) is 6.36. The van der Waals surface area contributed by atoms with Crippen molar-refractivity contribution < 1.29 is 5.11 Å². The van der Waals surface area contributed by atoms with E-state index < -0.39 is 5.60 Å². The van der Waals surface area contributed by atoms with Gasteiger partial charge in [-0.3, -0.25) is 0 Å². The van der Waals surface area contributed by atoms with Crippen LogP contribution in [0.15, 0.2) is 24.4 Å². The number of fused-ring (bicyclic) bond motifs is 1. The van der Waals surface area contributed by atoms with E-state index in [9.17, 15) is 5.11 Å². The molecule has 2 aromatic rings. The maximum atomic E-state index is 11.0. The van der Waals surface area contributed by atoms with Gasteiger partial charge in [-0.25, -0.2) is 4.68 Å². The molecule has 3 rings (SSSR count). The molecule has 0 amide bonds. The first-order chi connectivity index (χ1) is 8.65. The summed E-state index contributed by atoms with van der Waals surface area (Å²) in [6.45, 7) is 4.78. The lowest BCUT2D eigenvalue weighted by molar-refractivity contribution is 0.0729. The molecule has 1 aromatic heterocycles. The quantitative estimate of drug-likeness (QED) is 0.874. The molecule has 0 spiro atoms. The lowest BCUT2D eigenvalue weighted by atomic mass is 9.91. The number of nitrogens with zero attached hydrogens (tertiary/aromatic N) is 3. The van der Waals surface area contributed by atoms with Gasteiger partial charge >= 0.3 is 0 Å². The number of hydrogen-bond acceptors (Lipinski definition) is 3. The van der Waals surface area contributed by atoms with Crippen LogP contribution in [-0.4, -0.2) is 20.1 Å². The molecule has 0 aliphatic heterocycles. The molecule has 1 unspecified atom stereocenters. The molecule has 18 heavy (non-hydrogen) atoms. The zero-order chi connectivity index (χ0) is 12.8. The molecule has 4 heteroatoms. The van der Waals surface area contributed by atoms with Crippen molar-refractivity contribution in [3.8, 4) is 0 Å². The Morgan fingerprint density at radius 1 is 1.44 bits per heavy atom. The van der Waals surface area contributed by atoms with Gasteiger partial charge < -0.3 is 5.11 Å². The van der Waals surface area contributed by atoms with Crippen LogP contribution in [0.3, 0.4) is 0 Å². The molecule has 1 heterocycles. The second-order valence-corrected chi connectivity index (χ2v) is 4.96. The van der Waals surface area contributed by atoms with Gasteiger partial charge in [0.05, 0.1) is 11.9 Å². The molecule has 1 aromatic carbocycles. The van der Waals surface area contributed by atoms with Crippen LogP contribution in [0.1, 0.15) is 35.7 Å². The van der Waals surface area contributed by atoms with E-state index in [0.29, 0.717) is 6.42 Å². The molecule has 0 bridgehead atoms. The number of aliphatic hydroxyl groups is 1. The molecular formula is C14H17N3O. The van der Waals surface area contributed by atoms with Crippen LogP contribution in [0.4, 0.5) is 0 Å². The third kappa shape index (κ3) is 1.49. The summed E-state index contributed by atoms with van der Waals surface area (Å²) in [5.74, 6) is 0. The summed E-state index contributed by atoms with van der Waals surface area (Å²) >= 11 is 0. The van der Waals surface area contributed by atoms with Crippen LogP contribution < -0.4 is 0 Å². The molecule has 1 N–H and O–H groups in total. The monoisotopic (exact) mass is 243 g/mol. The molecule has 4 nitrogen and oxygen atoms in total. The Morgan fingerprint density at radius 3 is 3.06 bits per heavy atom. The van der Waals surface area contributed by atoms with E-state index in [-0.39, 0.29) is 0 Å². The SMILES string of the molecule is CCn1nncc1C1(O)CCc2ccc(C)cc21. The predicted octanol–water partition coefficient (Wildman–Crippen LogP) is 1.79. The van der Waals surface area contributed by atoms with E-state index >= 15 is 0 Å². The highest BCUT2D eigenvalue weighted by molar-refractivity contribution is 5.44. The van der Waals surface area contributed by atoms with Crippen LogP contribution in [0.5, 0.6) is 0 Å². The molecule has 0 fully saturated rings. The summed E-state index contributed by atoms with van der Waals surface area (Å²) in [5, 5.41) is 19.0. The average Bonchev–Trinajstić information content (AvgIpc) is 2.96. The van der Waals surface area contributed by atoms with E-state index in [4.69, 9.17) is 0 Å². The maximum Gasteiger partial charge on any atom is 0.133 e. The normalized spacial score (nSPS) is 22.2. The molecule has 0 saturated carbocycles. The number of benzene rings is 1. The first kappa shape index (κ1) is 11.4. The molecule has 1 aliphatic carbocycles. The molecule has 1 atom stereocenters. The van der Waals surface area contributed by atoms with E-state index in [1.54, 1.807) is 10.9 Å². The maximum absolute atomic E-state index is 11.0. The molecule has 94 valence electrons. The van der Waals surface area contributed by atoms with Crippen molar-refractivity contribution in [2.75, 3.05) is 0 Å². The van der Waals surface area contributed by atoms with Crippen molar-refractivity contribution in [1.29, 1.82) is 0 Å². The largest absolute Gasteiger partial charge is 0.379 e. The average molecular weight is 243 g/mol. The molecular weight excluding hydrogens is 226 g/mol. The van der Waals surface area contributed by atoms with Crippen molar-refractivity contribution >= 4 is 0 Å². The van der Waals surface area contributed by atoms with Gasteiger partial charge in [-0.15, -0.1) is 5.10 Å². The zero-order valence-electron chi connectivity index (χ0n) is 10.7. The summed E-state index contributed by atoms with van der Waals surface area (Å²) in [5.41, 5.74) is 3.28. The fraction of sp³-hybridized carbons (Fsp3) is 0.429. The summed E-state index contributed by atoms with van der Waals surface area (Å²) in [7, 11) is 0. The Labute approximate surface area is 106 Å². The van der Waals surface area contributed by atoms with Gasteiger partial charge in [0.1, 0.15) is 5.60 Å². The Hall–Kier alpha value is -1.68. The van der Waals surface area contributed by atoms with E-state index in [1.165, 1.54) is 11.1 Å². The van der Waals surface area contributed by atoms with E-state index in [2.05, 4.69) is 28.5 Å². The fourth-order valence-corrected chi connectivity index (χ4v) is 2.82. The van der Waals surface area contributed by atoms with Gasteiger partial charge in [-0.1, -0.05) is 29.0 Å². The minimum Gasteiger partial charge on any atom is -0.379 e. The smallest absolute Gasteiger partial charge is 0.133 e. The minimum atomic E-state index is -0.930. The summed E-state index contributed by atoms with van der Waals surface area (Å²) < 4.78 is 1.78. The Kier molecular flexibility index (Phi) is 2.48. The van der Waals surface area contributed by atoms with Gasteiger partial charge in [0, 0.05) is 6.54 Å². The van der Waals surface area contributed by atoms with Gasteiger partial charge in [0.25, 0.3) is 0 Å². The number of hydrogen-bond donors (Lipinski definition) is 1. The number of aromatic nitrogens is 3. The molecule has 1 aliphatic rings. The van der Waals surface area contributed by atoms with Gasteiger partial charge in [0.2, 0.25) is 0 Å². The van der Waals surface area contributed by atoms with Crippen LogP contribution >= 0.6 is 0 Å². The van der Waals surface area contributed by atoms with Gasteiger partial charge in [-0.2, -0.15) is 0 Å². The van der Waals surface area contributed by atoms with Crippen LogP contribution in [0.25, 0.3) is 0 Å². The predicted molar refractivity (Wildman–Crippen MR) is 68.2 cm³/mol. The summed E-state index contributed by atoms with van der Waals surface area (Å²) in [6.07, 6.45) is 3.29. The lowest BCUT2D eigenvalue weighted by Gasteiger charge is -2.24. The minimum absolute atomic E-state index is 0.708. The fourth-order valence-electron chi connectivity index (χ4n) is 2.82. The summed E-state index contributed by atoms with van der Waals surface area (Å²) in [4.78, 5) is 0. The molecule has 0 radical (unpaired) electrons.